The first-order valence-corrected chi connectivity index (χ1v) is 7.01. The van der Waals surface area contributed by atoms with Crippen molar-refractivity contribution in [2.45, 2.75) is 26.7 Å². The number of fused-ring (bicyclic) bond motifs is 1. The van der Waals surface area contributed by atoms with E-state index in [-0.39, 0.29) is 18.1 Å². The summed E-state index contributed by atoms with van der Waals surface area (Å²) in [4.78, 5) is 25.7. The summed E-state index contributed by atoms with van der Waals surface area (Å²) in [6.45, 7) is 3.89. The lowest BCUT2D eigenvalue weighted by atomic mass is 10.0. The number of hydrogen-bond donors (Lipinski definition) is 2. The van der Waals surface area contributed by atoms with E-state index < -0.39 is 5.97 Å². The third-order valence-corrected chi connectivity index (χ3v) is 3.69. The van der Waals surface area contributed by atoms with E-state index >= 15 is 0 Å². The lowest BCUT2D eigenvalue weighted by Gasteiger charge is -2.03. The van der Waals surface area contributed by atoms with E-state index in [0.29, 0.717) is 29.1 Å². The number of H-pyrrole nitrogens is 1. The number of aryl methyl sites for hydroxylation is 2. The SMILES string of the molecule is CCOC(=O)CCc1c(C(=O)O)[nH]c2cc(C)c(Cl)cc12. The quantitative estimate of drug-likeness (QED) is 0.830. The van der Waals surface area contributed by atoms with Crippen LogP contribution in [0.3, 0.4) is 0 Å². The molecule has 0 aliphatic rings. The van der Waals surface area contributed by atoms with Gasteiger partial charge < -0.3 is 14.8 Å². The van der Waals surface area contributed by atoms with Crippen molar-refractivity contribution in [3.8, 4) is 0 Å². The summed E-state index contributed by atoms with van der Waals surface area (Å²) in [7, 11) is 0. The molecule has 5 nitrogen and oxygen atoms in total. The molecule has 0 aliphatic carbocycles. The first-order chi connectivity index (χ1) is 9.93. The molecule has 2 rings (SSSR count). The first-order valence-electron chi connectivity index (χ1n) is 6.63. The molecule has 0 amide bonds. The van der Waals surface area contributed by atoms with Crippen molar-refractivity contribution in [1.29, 1.82) is 0 Å². The standard InChI is InChI=1S/C15H16ClNO4/c1-3-21-13(18)5-4-9-10-7-11(16)8(2)6-12(10)17-14(9)15(19)20/h6-7,17H,3-5H2,1-2H3,(H,19,20). The van der Waals surface area contributed by atoms with E-state index in [1.165, 1.54) is 0 Å². The molecule has 6 heteroatoms. The number of carboxylic acids is 1. The molecule has 1 aromatic carbocycles. The molecule has 0 saturated heterocycles. The molecule has 1 aromatic heterocycles. The zero-order valence-electron chi connectivity index (χ0n) is 11.8. The van der Waals surface area contributed by atoms with Crippen molar-refractivity contribution >= 4 is 34.4 Å². The lowest BCUT2D eigenvalue weighted by molar-refractivity contribution is -0.143. The van der Waals surface area contributed by atoms with Gasteiger partial charge in [-0.15, -0.1) is 0 Å². The minimum absolute atomic E-state index is 0.0935. The summed E-state index contributed by atoms with van der Waals surface area (Å²) in [6, 6.07) is 3.54. The summed E-state index contributed by atoms with van der Waals surface area (Å²) in [5.74, 6) is -1.40. The highest BCUT2D eigenvalue weighted by Crippen LogP contribution is 2.29. The van der Waals surface area contributed by atoms with Gasteiger partial charge in [0, 0.05) is 22.3 Å². The summed E-state index contributed by atoms with van der Waals surface area (Å²) in [5, 5.41) is 10.6. The number of carbonyl (C=O) groups is 2. The van der Waals surface area contributed by atoms with Crippen LogP contribution in [0.4, 0.5) is 0 Å². The van der Waals surface area contributed by atoms with E-state index in [2.05, 4.69) is 4.98 Å². The number of rotatable bonds is 5. The van der Waals surface area contributed by atoms with Crippen molar-refractivity contribution in [2.75, 3.05) is 6.61 Å². The molecule has 0 unspecified atom stereocenters. The molecule has 0 aliphatic heterocycles. The average molecular weight is 310 g/mol. The number of aromatic carboxylic acids is 1. The average Bonchev–Trinajstić information content (AvgIpc) is 2.75. The Hall–Kier alpha value is -2.01. The van der Waals surface area contributed by atoms with Crippen molar-refractivity contribution in [3.05, 3.63) is 34.0 Å². The largest absolute Gasteiger partial charge is 0.477 e. The zero-order chi connectivity index (χ0) is 15.6. The Morgan fingerprint density at radius 2 is 2.10 bits per heavy atom. The topological polar surface area (TPSA) is 79.4 Å². The number of nitrogens with one attached hydrogen (secondary N) is 1. The van der Waals surface area contributed by atoms with Gasteiger partial charge in [-0.2, -0.15) is 0 Å². The minimum atomic E-state index is -1.06. The van der Waals surface area contributed by atoms with Crippen LogP contribution in [0.25, 0.3) is 10.9 Å². The van der Waals surface area contributed by atoms with Crippen LogP contribution in [0.2, 0.25) is 5.02 Å². The van der Waals surface area contributed by atoms with Gasteiger partial charge >= 0.3 is 11.9 Å². The van der Waals surface area contributed by atoms with Crippen molar-refractivity contribution in [1.82, 2.24) is 4.98 Å². The van der Waals surface area contributed by atoms with Gasteiger partial charge in [0.05, 0.1) is 6.61 Å². The maximum atomic E-state index is 11.5. The fourth-order valence-electron chi connectivity index (χ4n) is 2.28. The minimum Gasteiger partial charge on any atom is -0.477 e. The molecular weight excluding hydrogens is 294 g/mol. The van der Waals surface area contributed by atoms with Gasteiger partial charge in [-0.1, -0.05) is 11.6 Å². The van der Waals surface area contributed by atoms with Gasteiger partial charge in [0.25, 0.3) is 0 Å². The highest BCUT2D eigenvalue weighted by atomic mass is 35.5. The first kappa shape index (κ1) is 15.4. The van der Waals surface area contributed by atoms with Gasteiger partial charge in [0.2, 0.25) is 0 Å². The summed E-state index contributed by atoms with van der Waals surface area (Å²) < 4.78 is 4.87. The molecule has 2 aromatic rings. The highest BCUT2D eigenvalue weighted by Gasteiger charge is 2.19. The van der Waals surface area contributed by atoms with Crippen LogP contribution < -0.4 is 0 Å². The number of benzene rings is 1. The number of ether oxygens (including phenoxy) is 1. The van der Waals surface area contributed by atoms with Crippen molar-refractivity contribution < 1.29 is 19.4 Å². The normalized spacial score (nSPS) is 10.8. The Labute approximate surface area is 126 Å². The maximum Gasteiger partial charge on any atom is 0.352 e. The van der Waals surface area contributed by atoms with Crippen molar-refractivity contribution in [2.24, 2.45) is 0 Å². The second kappa shape index (κ2) is 6.18. The molecule has 21 heavy (non-hydrogen) atoms. The predicted octanol–water partition coefficient (Wildman–Crippen LogP) is 3.32. The fourth-order valence-corrected chi connectivity index (χ4v) is 2.45. The molecule has 112 valence electrons. The Morgan fingerprint density at radius 3 is 2.71 bits per heavy atom. The number of carboxylic acid groups (broad SMARTS) is 1. The maximum absolute atomic E-state index is 11.5. The third-order valence-electron chi connectivity index (χ3n) is 3.28. The molecule has 0 bridgehead atoms. The molecular formula is C15H16ClNO4. The third kappa shape index (κ3) is 3.19. The smallest absolute Gasteiger partial charge is 0.352 e. The molecule has 0 spiro atoms. The molecule has 1 heterocycles. The molecule has 0 fully saturated rings. The number of hydrogen-bond acceptors (Lipinski definition) is 3. The van der Waals surface area contributed by atoms with Crippen LogP contribution in [0, 0.1) is 6.92 Å². The monoisotopic (exact) mass is 309 g/mol. The lowest BCUT2D eigenvalue weighted by Crippen LogP contribution is -2.07. The van der Waals surface area contributed by atoms with Crippen LogP contribution in [0.15, 0.2) is 12.1 Å². The van der Waals surface area contributed by atoms with Gasteiger partial charge in [-0.3, -0.25) is 4.79 Å². The van der Waals surface area contributed by atoms with E-state index in [9.17, 15) is 14.7 Å². The van der Waals surface area contributed by atoms with Crippen LogP contribution in [0.5, 0.6) is 0 Å². The van der Waals surface area contributed by atoms with Crippen LogP contribution in [-0.4, -0.2) is 28.6 Å². The molecule has 0 saturated carbocycles. The van der Waals surface area contributed by atoms with Gasteiger partial charge in [0.1, 0.15) is 5.69 Å². The number of carbonyl (C=O) groups excluding carboxylic acids is 1. The number of halogens is 1. The number of esters is 1. The Morgan fingerprint density at radius 1 is 1.38 bits per heavy atom. The molecule has 2 N–H and O–H groups in total. The fraction of sp³-hybridized carbons (Fsp3) is 0.333. The van der Waals surface area contributed by atoms with Crippen LogP contribution in [0.1, 0.15) is 35.0 Å². The second-order valence-electron chi connectivity index (χ2n) is 4.74. The predicted molar refractivity (Wildman–Crippen MR) is 80.0 cm³/mol. The zero-order valence-corrected chi connectivity index (χ0v) is 12.6. The second-order valence-corrected chi connectivity index (χ2v) is 5.14. The van der Waals surface area contributed by atoms with E-state index in [0.717, 1.165) is 10.9 Å². The molecule has 0 radical (unpaired) electrons. The highest BCUT2D eigenvalue weighted by molar-refractivity contribution is 6.32. The van der Waals surface area contributed by atoms with Crippen LogP contribution in [-0.2, 0) is 16.0 Å². The Balaban J connectivity index is 2.43. The van der Waals surface area contributed by atoms with Gasteiger partial charge in [0.15, 0.2) is 0 Å². The van der Waals surface area contributed by atoms with E-state index in [4.69, 9.17) is 16.3 Å². The van der Waals surface area contributed by atoms with E-state index in [1.54, 1.807) is 19.1 Å². The number of aromatic amines is 1. The Bertz CT molecular complexity index is 705. The van der Waals surface area contributed by atoms with Gasteiger partial charge in [-0.05, 0) is 43.5 Å². The van der Waals surface area contributed by atoms with Crippen molar-refractivity contribution in [3.63, 3.8) is 0 Å². The van der Waals surface area contributed by atoms with Crippen LogP contribution >= 0.6 is 11.6 Å². The Kier molecular flexibility index (Phi) is 4.53. The molecule has 0 atom stereocenters. The summed E-state index contributed by atoms with van der Waals surface area (Å²) >= 11 is 6.11. The van der Waals surface area contributed by atoms with Gasteiger partial charge in [-0.25, -0.2) is 4.79 Å². The summed E-state index contributed by atoms with van der Waals surface area (Å²) in [6.07, 6.45) is 0.423. The number of aromatic nitrogens is 1. The summed E-state index contributed by atoms with van der Waals surface area (Å²) in [5.41, 5.74) is 2.23. The van der Waals surface area contributed by atoms with E-state index in [1.807, 2.05) is 6.92 Å².